The highest BCUT2D eigenvalue weighted by Crippen LogP contribution is 2.13. The molecule has 80 valence electrons. The van der Waals surface area contributed by atoms with E-state index in [1.807, 2.05) is 6.92 Å². The van der Waals surface area contributed by atoms with Gasteiger partial charge in [-0.3, -0.25) is 4.79 Å². The Morgan fingerprint density at radius 1 is 1.33 bits per heavy atom. The first-order chi connectivity index (χ1) is 7.13. The lowest BCUT2D eigenvalue weighted by Gasteiger charge is -2.03. The summed E-state index contributed by atoms with van der Waals surface area (Å²) in [6.45, 7) is 4.16. The molecule has 3 heteroatoms. The highest BCUT2D eigenvalue weighted by Gasteiger charge is 2.06. The number of hydrogen-bond acceptors (Lipinski definition) is 3. The van der Waals surface area contributed by atoms with Crippen molar-refractivity contribution < 1.29 is 9.53 Å². The molecule has 0 heterocycles. The van der Waals surface area contributed by atoms with E-state index in [0.717, 1.165) is 5.75 Å². The average molecular weight is 205 g/mol. The predicted molar refractivity (Wildman–Crippen MR) is 60.0 cm³/mol. The van der Waals surface area contributed by atoms with Crippen LogP contribution in [-0.4, -0.2) is 18.1 Å². The van der Waals surface area contributed by atoms with Gasteiger partial charge in [0.25, 0.3) is 0 Å². The molecule has 0 spiro atoms. The minimum absolute atomic E-state index is 0.0226. The van der Waals surface area contributed by atoms with Gasteiger partial charge in [-0.25, -0.2) is 0 Å². The van der Waals surface area contributed by atoms with E-state index in [4.69, 9.17) is 10.1 Å². The number of hydrogen-bond donors (Lipinski definition) is 1. The number of ether oxygens (including phenoxy) is 1. The van der Waals surface area contributed by atoms with Gasteiger partial charge in [0, 0.05) is 17.7 Å². The molecule has 0 aliphatic carbocycles. The number of carbonyl (C=O) groups excluding carboxylic acids is 1. The lowest BCUT2D eigenvalue weighted by Crippen LogP contribution is -2.04. The van der Waals surface area contributed by atoms with Crippen LogP contribution in [0.2, 0.25) is 0 Å². The summed E-state index contributed by atoms with van der Waals surface area (Å²) < 4.78 is 5.27. The molecule has 0 fully saturated rings. The maximum Gasteiger partial charge on any atom is 0.168 e. The molecule has 3 nitrogen and oxygen atoms in total. The Morgan fingerprint density at radius 3 is 2.40 bits per heavy atom. The number of rotatable bonds is 5. The summed E-state index contributed by atoms with van der Waals surface area (Å²) in [5.41, 5.74) is 1.01. The van der Waals surface area contributed by atoms with Gasteiger partial charge in [0.1, 0.15) is 5.75 Å². The van der Waals surface area contributed by atoms with E-state index in [1.165, 1.54) is 0 Å². The minimum atomic E-state index is -0.0226. The lowest BCUT2D eigenvalue weighted by atomic mass is 10.1. The Labute approximate surface area is 89.6 Å². The van der Waals surface area contributed by atoms with Crippen LogP contribution in [0.4, 0.5) is 0 Å². The molecule has 0 atom stereocenters. The standard InChI is InChI=1S/C12H15NO2/c1-3-15-11-6-4-10(5-7-11)12(14)8-9(2)13/h4-7,13H,3,8H2,1-2H3. The Balaban J connectivity index is 2.71. The van der Waals surface area contributed by atoms with Crippen LogP contribution in [0.15, 0.2) is 24.3 Å². The summed E-state index contributed by atoms with van der Waals surface area (Å²) in [5, 5.41) is 7.24. The molecule has 1 aromatic carbocycles. The summed E-state index contributed by atoms with van der Waals surface area (Å²) in [6, 6.07) is 7.01. The van der Waals surface area contributed by atoms with E-state index in [1.54, 1.807) is 31.2 Å². The van der Waals surface area contributed by atoms with Crippen LogP contribution >= 0.6 is 0 Å². The van der Waals surface area contributed by atoms with Gasteiger partial charge < -0.3 is 10.1 Å². The van der Waals surface area contributed by atoms with E-state index < -0.39 is 0 Å². The topological polar surface area (TPSA) is 50.2 Å². The molecule has 0 radical (unpaired) electrons. The van der Waals surface area contributed by atoms with Crippen LogP contribution in [0.1, 0.15) is 30.6 Å². The molecule has 1 aromatic rings. The third-order valence-corrected chi connectivity index (χ3v) is 1.91. The zero-order chi connectivity index (χ0) is 11.3. The third-order valence-electron chi connectivity index (χ3n) is 1.91. The van der Waals surface area contributed by atoms with Crippen molar-refractivity contribution in [3.8, 4) is 5.75 Å². The van der Waals surface area contributed by atoms with Crippen LogP contribution in [0.25, 0.3) is 0 Å². The first-order valence-electron chi connectivity index (χ1n) is 4.93. The van der Waals surface area contributed by atoms with Gasteiger partial charge in [0.05, 0.1) is 6.61 Å². The maximum absolute atomic E-state index is 11.5. The van der Waals surface area contributed by atoms with Crippen molar-refractivity contribution in [2.45, 2.75) is 20.3 Å². The molecule has 0 saturated heterocycles. The van der Waals surface area contributed by atoms with Gasteiger partial charge in [-0.05, 0) is 38.1 Å². The van der Waals surface area contributed by atoms with Crippen LogP contribution in [0, 0.1) is 5.41 Å². The van der Waals surface area contributed by atoms with Crippen molar-refractivity contribution in [1.82, 2.24) is 0 Å². The third kappa shape index (κ3) is 3.54. The van der Waals surface area contributed by atoms with E-state index >= 15 is 0 Å². The Hall–Kier alpha value is -1.64. The summed E-state index contributed by atoms with van der Waals surface area (Å²) in [6.07, 6.45) is 0.188. The summed E-state index contributed by atoms with van der Waals surface area (Å²) in [5.74, 6) is 0.742. The van der Waals surface area contributed by atoms with Crippen LogP contribution in [0.5, 0.6) is 5.75 Å². The van der Waals surface area contributed by atoms with Crippen molar-refractivity contribution in [1.29, 1.82) is 5.41 Å². The first-order valence-corrected chi connectivity index (χ1v) is 4.93. The maximum atomic E-state index is 11.5. The van der Waals surface area contributed by atoms with Gasteiger partial charge in [0.2, 0.25) is 0 Å². The van der Waals surface area contributed by atoms with Crippen molar-refractivity contribution in [2.24, 2.45) is 0 Å². The van der Waals surface area contributed by atoms with Crippen molar-refractivity contribution in [3.63, 3.8) is 0 Å². The monoisotopic (exact) mass is 205 g/mol. The molecule has 1 N–H and O–H groups in total. The average Bonchev–Trinajstić information content (AvgIpc) is 2.18. The molecule has 15 heavy (non-hydrogen) atoms. The minimum Gasteiger partial charge on any atom is -0.494 e. The zero-order valence-corrected chi connectivity index (χ0v) is 9.04. The van der Waals surface area contributed by atoms with Crippen molar-refractivity contribution in [2.75, 3.05) is 6.61 Å². The number of nitrogens with one attached hydrogen (secondary N) is 1. The quantitative estimate of drug-likeness (QED) is 0.593. The number of carbonyl (C=O) groups is 1. The van der Waals surface area contributed by atoms with Crippen LogP contribution in [-0.2, 0) is 0 Å². The smallest absolute Gasteiger partial charge is 0.168 e. The van der Waals surface area contributed by atoms with E-state index in [2.05, 4.69) is 0 Å². The van der Waals surface area contributed by atoms with E-state index in [0.29, 0.717) is 17.9 Å². The highest BCUT2D eigenvalue weighted by atomic mass is 16.5. The molecule has 0 unspecified atom stereocenters. The summed E-state index contributed by atoms with van der Waals surface area (Å²) in [4.78, 5) is 11.5. The Bertz CT molecular complexity index is 354. The largest absolute Gasteiger partial charge is 0.494 e. The molecule has 0 aliphatic rings. The SMILES string of the molecule is CCOc1ccc(C(=O)CC(C)=N)cc1. The fraction of sp³-hybridized carbons (Fsp3) is 0.333. The van der Waals surface area contributed by atoms with E-state index in [-0.39, 0.29) is 12.2 Å². The highest BCUT2D eigenvalue weighted by molar-refractivity contribution is 6.08. The molecule has 0 saturated carbocycles. The normalized spacial score (nSPS) is 9.73. The molecular weight excluding hydrogens is 190 g/mol. The van der Waals surface area contributed by atoms with E-state index in [9.17, 15) is 4.79 Å². The second-order valence-electron chi connectivity index (χ2n) is 3.34. The number of ketones is 1. The fourth-order valence-electron chi connectivity index (χ4n) is 1.25. The number of benzene rings is 1. The molecule has 0 amide bonds. The molecule has 1 rings (SSSR count). The van der Waals surface area contributed by atoms with Gasteiger partial charge >= 0.3 is 0 Å². The van der Waals surface area contributed by atoms with Crippen molar-refractivity contribution >= 4 is 11.5 Å². The van der Waals surface area contributed by atoms with Crippen LogP contribution < -0.4 is 4.74 Å². The zero-order valence-electron chi connectivity index (χ0n) is 9.04. The lowest BCUT2D eigenvalue weighted by molar-refractivity contribution is 0.100. The van der Waals surface area contributed by atoms with Crippen LogP contribution in [0.3, 0.4) is 0 Å². The molecule has 0 bridgehead atoms. The first kappa shape index (κ1) is 11.4. The molecule has 0 aromatic heterocycles. The van der Waals surface area contributed by atoms with Gasteiger partial charge in [-0.2, -0.15) is 0 Å². The predicted octanol–water partition coefficient (Wildman–Crippen LogP) is 2.70. The Morgan fingerprint density at radius 2 is 1.93 bits per heavy atom. The second-order valence-corrected chi connectivity index (χ2v) is 3.34. The molecular formula is C12H15NO2. The van der Waals surface area contributed by atoms with Crippen molar-refractivity contribution in [3.05, 3.63) is 29.8 Å². The molecule has 0 aliphatic heterocycles. The fourth-order valence-corrected chi connectivity index (χ4v) is 1.25. The summed E-state index contributed by atoms with van der Waals surface area (Å²) >= 11 is 0. The second kappa shape index (κ2) is 5.29. The Kier molecular flexibility index (Phi) is 4.03. The number of Topliss-reactive ketones (excluding diaryl/α,β-unsaturated/α-hetero) is 1. The summed E-state index contributed by atoms with van der Waals surface area (Å²) in [7, 11) is 0. The van der Waals surface area contributed by atoms with Gasteiger partial charge in [0.15, 0.2) is 5.78 Å². The van der Waals surface area contributed by atoms with Gasteiger partial charge in [-0.15, -0.1) is 0 Å². The van der Waals surface area contributed by atoms with Gasteiger partial charge in [-0.1, -0.05) is 0 Å².